The monoisotopic (exact) mass is 345 g/mol. The van der Waals surface area contributed by atoms with Gasteiger partial charge >= 0.3 is 5.97 Å². The van der Waals surface area contributed by atoms with Crippen molar-refractivity contribution >= 4 is 17.0 Å². The topological polar surface area (TPSA) is 58.4 Å². The molecule has 0 radical (unpaired) electrons. The smallest absolute Gasteiger partial charge is 0.320 e. The molecule has 3 unspecified atom stereocenters. The van der Waals surface area contributed by atoms with Crippen molar-refractivity contribution in [3.05, 3.63) is 29.8 Å². The summed E-state index contributed by atoms with van der Waals surface area (Å²) in [5.74, 6) is 0.156. The van der Waals surface area contributed by atoms with E-state index in [0.717, 1.165) is 37.0 Å². The number of halogens is 1. The van der Waals surface area contributed by atoms with Gasteiger partial charge in [0.2, 0.25) is 0 Å². The summed E-state index contributed by atoms with van der Waals surface area (Å²) in [6.45, 7) is 3.17. The first-order valence-corrected chi connectivity index (χ1v) is 9.22. The molecule has 5 nitrogen and oxygen atoms in total. The van der Waals surface area contributed by atoms with E-state index in [0.29, 0.717) is 30.6 Å². The second kappa shape index (κ2) is 6.41. The van der Waals surface area contributed by atoms with Crippen LogP contribution in [0.5, 0.6) is 0 Å². The number of aliphatic carboxylic acids is 1. The molecule has 2 fully saturated rings. The van der Waals surface area contributed by atoms with E-state index in [1.54, 1.807) is 6.07 Å². The molecule has 1 N–H and O–H groups in total. The van der Waals surface area contributed by atoms with Gasteiger partial charge in [-0.25, -0.2) is 9.37 Å². The van der Waals surface area contributed by atoms with Crippen molar-refractivity contribution in [1.82, 2.24) is 14.5 Å². The maximum Gasteiger partial charge on any atom is 0.320 e. The highest BCUT2D eigenvalue weighted by Gasteiger charge is 2.45. The molecule has 3 atom stereocenters. The standard InChI is InChI=1S/C19H24FN3O2/c1-2-22-15-9-5-7-13(20)18(15)21-17(22)11-23-14-8-4-3-6-12(14)10-16(23)19(24)25/h5,7,9,12,14,16H,2-4,6,8,10-11H2,1H3,(H,24,25). The van der Waals surface area contributed by atoms with E-state index in [1.807, 2.05) is 17.6 Å². The van der Waals surface area contributed by atoms with E-state index in [-0.39, 0.29) is 5.82 Å². The third-order valence-corrected chi connectivity index (χ3v) is 5.96. The largest absolute Gasteiger partial charge is 0.480 e. The van der Waals surface area contributed by atoms with Crippen molar-refractivity contribution in [1.29, 1.82) is 0 Å². The number of benzene rings is 1. The first kappa shape index (κ1) is 16.5. The second-order valence-electron chi connectivity index (χ2n) is 7.25. The van der Waals surface area contributed by atoms with Crippen LogP contribution in [0, 0.1) is 11.7 Å². The molecule has 134 valence electrons. The van der Waals surface area contributed by atoms with E-state index < -0.39 is 12.0 Å². The average Bonchev–Trinajstić information content (AvgIpc) is 3.15. The minimum atomic E-state index is -0.750. The van der Waals surface area contributed by atoms with Gasteiger partial charge in [-0.3, -0.25) is 9.69 Å². The number of fused-ring (bicyclic) bond motifs is 2. The summed E-state index contributed by atoms with van der Waals surface area (Å²) in [7, 11) is 0. The summed E-state index contributed by atoms with van der Waals surface area (Å²) in [6.07, 6.45) is 5.24. The molecular weight excluding hydrogens is 321 g/mol. The Balaban J connectivity index is 1.71. The molecule has 1 aliphatic heterocycles. The van der Waals surface area contributed by atoms with Gasteiger partial charge in [-0.15, -0.1) is 0 Å². The lowest BCUT2D eigenvalue weighted by atomic mass is 9.85. The van der Waals surface area contributed by atoms with E-state index >= 15 is 0 Å². The first-order valence-electron chi connectivity index (χ1n) is 9.22. The molecule has 1 aromatic heterocycles. The Morgan fingerprint density at radius 3 is 2.92 bits per heavy atom. The molecule has 0 bridgehead atoms. The Morgan fingerprint density at radius 1 is 1.36 bits per heavy atom. The van der Waals surface area contributed by atoms with Crippen molar-refractivity contribution < 1.29 is 14.3 Å². The van der Waals surface area contributed by atoms with E-state index in [9.17, 15) is 14.3 Å². The third-order valence-electron chi connectivity index (χ3n) is 5.96. The molecule has 6 heteroatoms. The van der Waals surface area contributed by atoms with Gasteiger partial charge in [0.1, 0.15) is 17.4 Å². The molecule has 2 aromatic rings. The van der Waals surface area contributed by atoms with E-state index in [4.69, 9.17) is 0 Å². The van der Waals surface area contributed by atoms with Crippen LogP contribution in [-0.4, -0.2) is 37.6 Å². The van der Waals surface area contributed by atoms with Crippen molar-refractivity contribution in [3.63, 3.8) is 0 Å². The summed E-state index contributed by atoms with van der Waals surface area (Å²) >= 11 is 0. The van der Waals surface area contributed by atoms with Crippen LogP contribution in [0.4, 0.5) is 4.39 Å². The number of carbonyl (C=O) groups is 1. The lowest BCUT2D eigenvalue weighted by Gasteiger charge is -2.32. The molecule has 0 spiro atoms. The van der Waals surface area contributed by atoms with Gasteiger partial charge in [0.15, 0.2) is 5.82 Å². The Labute approximate surface area is 146 Å². The fourth-order valence-electron chi connectivity index (χ4n) is 4.82. The third kappa shape index (κ3) is 2.72. The molecule has 1 aromatic carbocycles. The Bertz CT molecular complexity index is 803. The summed E-state index contributed by atoms with van der Waals surface area (Å²) in [6, 6.07) is 4.85. The highest BCUT2D eigenvalue weighted by Crippen LogP contribution is 2.40. The predicted molar refractivity (Wildman–Crippen MR) is 92.7 cm³/mol. The lowest BCUT2D eigenvalue weighted by molar-refractivity contribution is -0.143. The molecule has 25 heavy (non-hydrogen) atoms. The van der Waals surface area contributed by atoms with E-state index in [2.05, 4.69) is 9.88 Å². The maximum absolute atomic E-state index is 14.1. The number of carboxylic acids is 1. The van der Waals surface area contributed by atoms with E-state index in [1.165, 1.54) is 12.5 Å². The Morgan fingerprint density at radius 2 is 2.16 bits per heavy atom. The zero-order chi connectivity index (χ0) is 17.6. The number of nitrogens with zero attached hydrogens (tertiary/aromatic N) is 3. The highest BCUT2D eigenvalue weighted by atomic mass is 19.1. The summed E-state index contributed by atoms with van der Waals surface area (Å²) in [5.41, 5.74) is 1.16. The fourth-order valence-corrected chi connectivity index (χ4v) is 4.82. The number of imidazole rings is 1. The number of para-hydroxylation sites is 1. The van der Waals surface area contributed by atoms with Crippen LogP contribution in [0.3, 0.4) is 0 Å². The van der Waals surface area contributed by atoms with Crippen molar-refractivity contribution in [2.45, 2.75) is 64.2 Å². The first-order chi connectivity index (χ1) is 12.1. The van der Waals surface area contributed by atoms with Crippen LogP contribution in [0.15, 0.2) is 18.2 Å². The van der Waals surface area contributed by atoms with Crippen molar-refractivity contribution in [3.8, 4) is 0 Å². The summed E-state index contributed by atoms with van der Waals surface area (Å²) in [5, 5.41) is 9.69. The number of hydrogen-bond donors (Lipinski definition) is 1. The van der Waals surface area contributed by atoms with Gasteiger partial charge in [-0.05, 0) is 44.2 Å². The fraction of sp³-hybridized carbons (Fsp3) is 0.579. The number of carboxylic acid groups (broad SMARTS) is 1. The number of aryl methyl sites for hydroxylation is 1. The quantitative estimate of drug-likeness (QED) is 0.922. The van der Waals surface area contributed by atoms with Gasteiger partial charge < -0.3 is 9.67 Å². The van der Waals surface area contributed by atoms with Crippen LogP contribution >= 0.6 is 0 Å². The minimum Gasteiger partial charge on any atom is -0.480 e. The van der Waals surface area contributed by atoms with Crippen LogP contribution in [0.2, 0.25) is 0 Å². The summed E-state index contributed by atoms with van der Waals surface area (Å²) in [4.78, 5) is 18.4. The Hall–Kier alpha value is -1.95. The van der Waals surface area contributed by atoms with Crippen molar-refractivity contribution in [2.75, 3.05) is 0 Å². The molecule has 2 heterocycles. The number of hydrogen-bond acceptors (Lipinski definition) is 3. The van der Waals surface area contributed by atoms with Gasteiger partial charge in [-0.2, -0.15) is 0 Å². The number of aromatic nitrogens is 2. The SMILES string of the molecule is CCn1c(CN2C(C(=O)O)CC3CCCCC32)nc2c(F)cccc21. The molecule has 4 rings (SSSR count). The van der Waals surface area contributed by atoms with Gasteiger partial charge in [0.05, 0.1) is 12.1 Å². The molecule has 1 aliphatic carbocycles. The summed E-state index contributed by atoms with van der Waals surface area (Å²) < 4.78 is 16.1. The second-order valence-corrected chi connectivity index (χ2v) is 7.25. The van der Waals surface area contributed by atoms with Gasteiger partial charge in [0.25, 0.3) is 0 Å². The maximum atomic E-state index is 14.1. The van der Waals surface area contributed by atoms with Crippen LogP contribution in [0.25, 0.3) is 11.0 Å². The average molecular weight is 345 g/mol. The molecule has 1 saturated heterocycles. The molecule has 2 aliphatic rings. The highest BCUT2D eigenvalue weighted by molar-refractivity contribution is 5.77. The normalized spacial score (nSPS) is 26.9. The zero-order valence-electron chi connectivity index (χ0n) is 14.5. The van der Waals surface area contributed by atoms with Gasteiger partial charge in [-0.1, -0.05) is 18.9 Å². The van der Waals surface area contributed by atoms with Crippen molar-refractivity contribution in [2.24, 2.45) is 5.92 Å². The molecule has 1 saturated carbocycles. The zero-order valence-corrected chi connectivity index (χ0v) is 14.5. The Kier molecular flexibility index (Phi) is 4.23. The minimum absolute atomic E-state index is 0.310. The number of likely N-dealkylation sites (tertiary alicyclic amines) is 1. The number of rotatable bonds is 4. The van der Waals surface area contributed by atoms with Gasteiger partial charge in [0, 0.05) is 12.6 Å². The van der Waals surface area contributed by atoms with Crippen LogP contribution in [0.1, 0.15) is 44.9 Å². The molecular formula is C19H24FN3O2. The van der Waals surface area contributed by atoms with Crippen LogP contribution in [-0.2, 0) is 17.9 Å². The predicted octanol–water partition coefficient (Wildman–Crippen LogP) is 3.41. The van der Waals surface area contributed by atoms with Crippen LogP contribution < -0.4 is 0 Å². The lowest BCUT2D eigenvalue weighted by Crippen LogP contribution is -2.42. The molecule has 0 amide bonds.